The van der Waals surface area contributed by atoms with Crippen LogP contribution in [-0.2, 0) is 19.1 Å². The van der Waals surface area contributed by atoms with E-state index in [1.54, 1.807) is 0 Å². The van der Waals surface area contributed by atoms with Crippen molar-refractivity contribution in [1.82, 2.24) is 0 Å². The highest BCUT2D eigenvalue weighted by molar-refractivity contribution is 6.00. The SMILES string of the molecule is CCCOC(=O)/C(CC(C)(C)C)=C(/CC(C)(C)C)C(=O)OCCC. The maximum atomic E-state index is 12.6. The van der Waals surface area contributed by atoms with Crippen LogP contribution in [0.4, 0.5) is 0 Å². The Morgan fingerprint density at radius 1 is 0.667 bits per heavy atom. The van der Waals surface area contributed by atoms with Crippen LogP contribution in [0.25, 0.3) is 0 Å². The van der Waals surface area contributed by atoms with Crippen molar-refractivity contribution >= 4 is 11.9 Å². The van der Waals surface area contributed by atoms with Gasteiger partial charge in [0, 0.05) is 11.1 Å². The molecule has 0 unspecified atom stereocenters. The fraction of sp³-hybridized carbons (Fsp3) is 0.800. The molecule has 0 saturated heterocycles. The molecule has 0 amide bonds. The fourth-order valence-electron chi connectivity index (χ4n) is 2.23. The minimum atomic E-state index is -0.389. The van der Waals surface area contributed by atoms with Crippen molar-refractivity contribution in [3.63, 3.8) is 0 Å². The van der Waals surface area contributed by atoms with Gasteiger partial charge in [-0.25, -0.2) is 9.59 Å². The van der Waals surface area contributed by atoms with E-state index >= 15 is 0 Å². The molecule has 24 heavy (non-hydrogen) atoms. The van der Waals surface area contributed by atoms with Crippen LogP contribution < -0.4 is 0 Å². The van der Waals surface area contributed by atoms with Gasteiger partial charge in [0.2, 0.25) is 0 Å². The lowest BCUT2D eigenvalue weighted by molar-refractivity contribution is -0.143. The molecule has 0 aromatic heterocycles. The third-order valence-corrected chi connectivity index (χ3v) is 3.15. The van der Waals surface area contributed by atoms with E-state index in [1.165, 1.54) is 0 Å². The molecule has 0 aromatic carbocycles. The lowest BCUT2D eigenvalue weighted by atomic mass is 9.81. The van der Waals surface area contributed by atoms with Crippen molar-refractivity contribution in [2.75, 3.05) is 13.2 Å². The third-order valence-electron chi connectivity index (χ3n) is 3.15. The van der Waals surface area contributed by atoms with Crippen LogP contribution in [0.3, 0.4) is 0 Å². The number of carbonyl (C=O) groups is 2. The fourth-order valence-corrected chi connectivity index (χ4v) is 2.23. The molecule has 0 aromatic rings. The molecule has 0 atom stereocenters. The largest absolute Gasteiger partial charge is 0.462 e. The molecule has 0 N–H and O–H groups in total. The smallest absolute Gasteiger partial charge is 0.334 e. The summed E-state index contributed by atoms with van der Waals surface area (Å²) in [4.78, 5) is 25.2. The molecule has 0 fully saturated rings. The van der Waals surface area contributed by atoms with Gasteiger partial charge in [0.25, 0.3) is 0 Å². The predicted octanol–water partition coefficient (Wildman–Crippen LogP) is 5.06. The third kappa shape index (κ3) is 9.74. The molecule has 0 spiro atoms. The lowest BCUT2D eigenvalue weighted by Crippen LogP contribution is -2.23. The van der Waals surface area contributed by atoms with Crippen molar-refractivity contribution in [1.29, 1.82) is 0 Å². The van der Waals surface area contributed by atoms with Crippen molar-refractivity contribution in [2.24, 2.45) is 10.8 Å². The summed E-state index contributed by atoms with van der Waals surface area (Å²) in [5, 5.41) is 0. The topological polar surface area (TPSA) is 52.6 Å². The summed E-state index contributed by atoms with van der Waals surface area (Å²) < 4.78 is 10.7. The molecule has 0 aliphatic rings. The van der Waals surface area contributed by atoms with E-state index in [-0.39, 0.29) is 22.8 Å². The second-order valence-corrected chi connectivity index (χ2v) is 8.70. The summed E-state index contributed by atoms with van der Waals surface area (Å²) in [5.41, 5.74) is 0.669. The average molecular weight is 341 g/mol. The second-order valence-electron chi connectivity index (χ2n) is 8.70. The number of hydrogen-bond donors (Lipinski definition) is 0. The van der Waals surface area contributed by atoms with Gasteiger partial charge in [0.1, 0.15) is 0 Å². The number of rotatable bonds is 8. The minimum Gasteiger partial charge on any atom is -0.462 e. The van der Waals surface area contributed by atoms with Crippen molar-refractivity contribution in [3.05, 3.63) is 11.1 Å². The van der Waals surface area contributed by atoms with Crippen molar-refractivity contribution in [3.8, 4) is 0 Å². The Labute approximate surface area is 148 Å². The molecule has 140 valence electrons. The summed E-state index contributed by atoms with van der Waals surface area (Å²) in [7, 11) is 0. The van der Waals surface area contributed by atoms with Gasteiger partial charge in [-0.05, 0) is 36.5 Å². The summed E-state index contributed by atoms with van der Waals surface area (Å²) >= 11 is 0. The van der Waals surface area contributed by atoms with Gasteiger partial charge >= 0.3 is 11.9 Å². The number of carbonyl (C=O) groups excluding carboxylic acids is 2. The first kappa shape index (κ1) is 22.7. The molecular weight excluding hydrogens is 304 g/mol. The van der Waals surface area contributed by atoms with Crippen LogP contribution in [0, 0.1) is 10.8 Å². The maximum Gasteiger partial charge on any atom is 0.334 e. The summed E-state index contributed by atoms with van der Waals surface area (Å²) in [6, 6.07) is 0. The van der Waals surface area contributed by atoms with E-state index < -0.39 is 0 Å². The normalized spacial score (nSPS) is 13.3. The molecule has 0 aliphatic carbocycles. The first-order valence-corrected chi connectivity index (χ1v) is 8.97. The predicted molar refractivity (Wildman–Crippen MR) is 97.7 cm³/mol. The molecule has 4 nitrogen and oxygen atoms in total. The Morgan fingerprint density at radius 2 is 0.958 bits per heavy atom. The Kier molecular flexibility index (Phi) is 9.31. The van der Waals surface area contributed by atoms with Crippen LogP contribution in [0.2, 0.25) is 0 Å². The van der Waals surface area contributed by atoms with E-state index in [4.69, 9.17) is 9.47 Å². The van der Waals surface area contributed by atoms with Gasteiger partial charge in [-0.1, -0.05) is 55.4 Å². The van der Waals surface area contributed by atoms with Crippen LogP contribution in [0.5, 0.6) is 0 Å². The van der Waals surface area contributed by atoms with Crippen LogP contribution >= 0.6 is 0 Å². The van der Waals surface area contributed by atoms with Crippen LogP contribution in [0.15, 0.2) is 11.1 Å². The zero-order valence-corrected chi connectivity index (χ0v) is 16.9. The summed E-state index contributed by atoms with van der Waals surface area (Å²) in [6.07, 6.45) is 2.48. The van der Waals surface area contributed by atoms with Gasteiger partial charge in [-0.15, -0.1) is 0 Å². The number of hydrogen-bond acceptors (Lipinski definition) is 4. The molecule has 0 heterocycles. The van der Waals surface area contributed by atoms with Crippen molar-refractivity contribution in [2.45, 2.75) is 81.1 Å². The number of ether oxygens (including phenoxy) is 2. The van der Waals surface area contributed by atoms with Gasteiger partial charge in [-0.3, -0.25) is 0 Å². The minimum absolute atomic E-state index is 0.130. The first-order valence-electron chi connectivity index (χ1n) is 8.97. The average Bonchev–Trinajstić information content (AvgIpc) is 2.43. The highest BCUT2D eigenvalue weighted by Crippen LogP contribution is 2.33. The van der Waals surface area contributed by atoms with Crippen LogP contribution in [-0.4, -0.2) is 25.2 Å². The highest BCUT2D eigenvalue weighted by atomic mass is 16.5. The standard InChI is InChI=1S/C20H36O4/c1-9-11-23-17(21)15(13-19(3,4)5)16(14-20(6,7)8)18(22)24-12-10-2/h9-14H2,1-8H3/b16-15-. The molecule has 4 heteroatoms. The molecule has 0 bridgehead atoms. The van der Waals surface area contributed by atoms with Gasteiger partial charge in [0.05, 0.1) is 13.2 Å². The second kappa shape index (κ2) is 9.85. The molecule has 0 saturated carbocycles. The quantitative estimate of drug-likeness (QED) is 0.458. The molecular formula is C20H36O4. The van der Waals surface area contributed by atoms with E-state index in [1.807, 2.05) is 55.4 Å². The lowest BCUT2D eigenvalue weighted by Gasteiger charge is -2.25. The summed E-state index contributed by atoms with van der Waals surface area (Å²) in [6.45, 7) is 16.9. The Bertz CT molecular complexity index is 405. The van der Waals surface area contributed by atoms with E-state index in [0.717, 1.165) is 12.8 Å². The van der Waals surface area contributed by atoms with E-state index in [2.05, 4.69) is 0 Å². The Balaban J connectivity index is 5.88. The van der Waals surface area contributed by atoms with Crippen molar-refractivity contribution < 1.29 is 19.1 Å². The van der Waals surface area contributed by atoms with E-state index in [9.17, 15) is 9.59 Å². The molecule has 0 aliphatic heterocycles. The van der Waals surface area contributed by atoms with Gasteiger partial charge in [0.15, 0.2) is 0 Å². The first-order chi connectivity index (χ1) is 10.9. The zero-order chi connectivity index (χ0) is 19.0. The molecule has 0 radical (unpaired) electrons. The zero-order valence-electron chi connectivity index (χ0n) is 16.9. The molecule has 0 rings (SSSR count). The Morgan fingerprint density at radius 3 is 1.17 bits per heavy atom. The summed E-state index contributed by atoms with van der Waals surface area (Å²) in [5.74, 6) is -0.779. The highest BCUT2D eigenvalue weighted by Gasteiger charge is 2.30. The maximum absolute atomic E-state index is 12.6. The van der Waals surface area contributed by atoms with Gasteiger partial charge in [-0.2, -0.15) is 0 Å². The number of esters is 2. The Hall–Kier alpha value is -1.32. The van der Waals surface area contributed by atoms with Crippen LogP contribution in [0.1, 0.15) is 81.1 Å². The monoisotopic (exact) mass is 340 g/mol. The van der Waals surface area contributed by atoms with E-state index in [0.29, 0.717) is 37.2 Å². The van der Waals surface area contributed by atoms with Gasteiger partial charge < -0.3 is 9.47 Å².